The smallest absolute Gasteiger partial charge is 0.338 e. The number of hydrogen-bond donors (Lipinski definition) is 0. The second-order valence-corrected chi connectivity index (χ2v) is 5.37. The summed E-state index contributed by atoms with van der Waals surface area (Å²) in [6.45, 7) is 4.16. The summed E-state index contributed by atoms with van der Waals surface area (Å²) >= 11 is 1.73. The Kier molecular flexibility index (Phi) is 3.57. The number of rotatable bonds is 2. The fourth-order valence-corrected chi connectivity index (χ4v) is 2.96. The predicted molar refractivity (Wildman–Crippen MR) is 70.5 cm³/mol. The largest absolute Gasteiger partial charge is 0.465 e. The highest BCUT2D eigenvalue weighted by molar-refractivity contribution is 8.03. The Hall–Kier alpha value is -1.22. The number of carbonyl (C=O) groups is 1. The van der Waals surface area contributed by atoms with Crippen LogP contribution >= 0.6 is 11.8 Å². The molecular weight excluding hydrogens is 232 g/mol. The summed E-state index contributed by atoms with van der Waals surface area (Å²) < 4.78 is 4.83. The van der Waals surface area contributed by atoms with E-state index in [4.69, 9.17) is 4.74 Å². The van der Waals surface area contributed by atoms with Gasteiger partial charge in [0.15, 0.2) is 0 Å². The molecule has 0 saturated heterocycles. The molecule has 2 rings (SSSR count). The molecular formula is C14H16O2S. The van der Waals surface area contributed by atoms with Crippen LogP contribution in [0.1, 0.15) is 35.3 Å². The summed E-state index contributed by atoms with van der Waals surface area (Å²) in [5.74, 6) is -0.238. The summed E-state index contributed by atoms with van der Waals surface area (Å²) in [6.07, 6.45) is 4.04. The number of thioether (sulfide) groups is 1. The Labute approximate surface area is 106 Å². The first-order valence-electron chi connectivity index (χ1n) is 5.74. The molecule has 1 heterocycles. The molecule has 0 aliphatic carbocycles. The van der Waals surface area contributed by atoms with E-state index in [2.05, 4.69) is 26.0 Å². The van der Waals surface area contributed by atoms with Gasteiger partial charge in [-0.25, -0.2) is 4.79 Å². The Balaban J connectivity index is 2.48. The van der Waals surface area contributed by atoms with Gasteiger partial charge in [0.1, 0.15) is 0 Å². The van der Waals surface area contributed by atoms with Gasteiger partial charge < -0.3 is 4.74 Å². The van der Waals surface area contributed by atoms with Crippen molar-refractivity contribution < 1.29 is 9.53 Å². The summed E-state index contributed by atoms with van der Waals surface area (Å²) in [5.41, 5.74) is 3.09. The minimum Gasteiger partial charge on any atom is -0.465 e. The zero-order valence-corrected chi connectivity index (χ0v) is 11.2. The number of benzene rings is 1. The lowest BCUT2D eigenvalue weighted by molar-refractivity contribution is 0.0599. The van der Waals surface area contributed by atoms with Crippen LogP contribution in [0.3, 0.4) is 0 Å². The van der Waals surface area contributed by atoms with Crippen molar-refractivity contribution in [3.8, 4) is 0 Å². The van der Waals surface area contributed by atoms with E-state index in [1.54, 1.807) is 11.8 Å². The van der Waals surface area contributed by atoms with Crippen molar-refractivity contribution in [2.45, 2.75) is 31.6 Å². The Bertz CT molecular complexity index is 489. The van der Waals surface area contributed by atoms with Gasteiger partial charge >= 0.3 is 5.97 Å². The number of ether oxygens (including phenoxy) is 1. The molecule has 0 bridgehead atoms. The summed E-state index contributed by atoms with van der Waals surface area (Å²) in [7, 11) is 1.43. The fourth-order valence-electron chi connectivity index (χ4n) is 1.99. The molecule has 0 spiro atoms. The van der Waals surface area contributed by atoms with Crippen molar-refractivity contribution in [2.75, 3.05) is 7.11 Å². The van der Waals surface area contributed by atoms with E-state index in [1.165, 1.54) is 22.5 Å². The van der Waals surface area contributed by atoms with Crippen LogP contribution < -0.4 is 0 Å². The van der Waals surface area contributed by atoms with E-state index >= 15 is 0 Å². The normalized spacial score (nSPS) is 13.9. The van der Waals surface area contributed by atoms with Crippen LogP contribution in [0, 0.1) is 0 Å². The van der Waals surface area contributed by atoms with E-state index < -0.39 is 0 Å². The molecule has 0 fully saturated rings. The molecule has 0 amide bonds. The average molecular weight is 248 g/mol. The molecule has 1 aliphatic rings. The molecule has 2 nitrogen and oxygen atoms in total. The van der Waals surface area contributed by atoms with Crippen LogP contribution in [0.25, 0.3) is 0 Å². The molecule has 3 heteroatoms. The third-order valence-corrected chi connectivity index (χ3v) is 4.04. The Morgan fingerprint density at radius 3 is 2.88 bits per heavy atom. The zero-order valence-electron chi connectivity index (χ0n) is 10.4. The SMILES string of the molecule is CCc1cc2c(cc1C(=O)OC)SC(C)=CC2. The minimum absolute atomic E-state index is 0.238. The third-order valence-electron chi connectivity index (χ3n) is 2.95. The van der Waals surface area contributed by atoms with Gasteiger partial charge in [-0.05, 0) is 41.9 Å². The summed E-state index contributed by atoms with van der Waals surface area (Å²) in [6, 6.07) is 4.11. The highest BCUT2D eigenvalue weighted by Crippen LogP contribution is 2.36. The molecule has 0 atom stereocenters. The maximum absolute atomic E-state index is 11.7. The average Bonchev–Trinajstić information content (AvgIpc) is 2.36. The van der Waals surface area contributed by atoms with Gasteiger partial charge in [-0.15, -0.1) is 0 Å². The highest BCUT2D eigenvalue weighted by atomic mass is 32.2. The number of carbonyl (C=O) groups excluding carboxylic acids is 1. The van der Waals surface area contributed by atoms with Crippen molar-refractivity contribution >= 4 is 17.7 Å². The lowest BCUT2D eigenvalue weighted by Crippen LogP contribution is -2.07. The van der Waals surface area contributed by atoms with E-state index in [9.17, 15) is 4.79 Å². The van der Waals surface area contributed by atoms with Crippen LogP contribution in [0.15, 0.2) is 28.0 Å². The molecule has 0 unspecified atom stereocenters. The van der Waals surface area contributed by atoms with Crippen molar-refractivity contribution in [1.29, 1.82) is 0 Å². The number of aryl methyl sites for hydroxylation is 1. The van der Waals surface area contributed by atoms with Crippen molar-refractivity contribution in [2.24, 2.45) is 0 Å². The Morgan fingerprint density at radius 2 is 2.24 bits per heavy atom. The van der Waals surface area contributed by atoms with E-state index in [-0.39, 0.29) is 5.97 Å². The number of fused-ring (bicyclic) bond motifs is 1. The van der Waals surface area contributed by atoms with Crippen LogP contribution in [0.2, 0.25) is 0 Å². The van der Waals surface area contributed by atoms with Crippen LogP contribution in [0.4, 0.5) is 0 Å². The van der Waals surface area contributed by atoms with Crippen molar-refractivity contribution in [1.82, 2.24) is 0 Å². The van der Waals surface area contributed by atoms with Crippen LogP contribution in [-0.2, 0) is 17.6 Å². The lowest BCUT2D eigenvalue weighted by Gasteiger charge is -2.17. The second kappa shape index (κ2) is 4.96. The molecule has 0 aromatic heterocycles. The monoisotopic (exact) mass is 248 g/mol. The quantitative estimate of drug-likeness (QED) is 0.748. The topological polar surface area (TPSA) is 26.3 Å². The van der Waals surface area contributed by atoms with Crippen LogP contribution in [-0.4, -0.2) is 13.1 Å². The van der Waals surface area contributed by atoms with Crippen LogP contribution in [0.5, 0.6) is 0 Å². The maximum atomic E-state index is 11.7. The first-order valence-corrected chi connectivity index (χ1v) is 6.56. The predicted octanol–water partition coefficient (Wildman–Crippen LogP) is 3.59. The molecule has 0 saturated carbocycles. The summed E-state index contributed by atoms with van der Waals surface area (Å²) in [5, 5.41) is 0. The van der Waals surface area contributed by atoms with Gasteiger partial charge in [-0.2, -0.15) is 0 Å². The molecule has 1 aliphatic heterocycles. The maximum Gasteiger partial charge on any atom is 0.338 e. The third kappa shape index (κ3) is 2.39. The second-order valence-electron chi connectivity index (χ2n) is 4.08. The van der Waals surface area contributed by atoms with E-state index in [0.717, 1.165) is 18.4 Å². The molecule has 17 heavy (non-hydrogen) atoms. The van der Waals surface area contributed by atoms with Gasteiger partial charge in [-0.1, -0.05) is 30.8 Å². The van der Waals surface area contributed by atoms with Gasteiger partial charge in [0, 0.05) is 4.90 Å². The van der Waals surface area contributed by atoms with Gasteiger partial charge in [-0.3, -0.25) is 0 Å². The molecule has 1 aromatic rings. The minimum atomic E-state index is -0.238. The molecule has 1 aromatic carbocycles. The number of allylic oxidation sites excluding steroid dienone is 2. The van der Waals surface area contributed by atoms with Gasteiger partial charge in [0.05, 0.1) is 12.7 Å². The first kappa shape index (κ1) is 12.2. The molecule has 0 radical (unpaired) electrons. The fraction of sp³-hybridized carbons (Fsp3) is 0.357. The Morgan fingerprint density at radius 1 is 1.47 bits per heavy atom. The van der Waals surface area contributed by atoms with Gasteiger partial charge in [0.2, 0.25) is 0 Å². The van der Waals surface area contributed by atoms with E-state index in [0.29, 0.717) is 5.56 Å². The van der Waals surface area contributed by atoms with E-state index in [1.807, 2.05) is 6.07 Å². The first-order chi connectivity index (χ1) is 8.15. The number of methoxy groups -OCH3 is 1. The van der Waals surface area contributed by atoms with Gasteiger partial charge in [0.25, 0.3) is 0 Å². The van der Waals surface area contributed by atoms with Crippen molar-refractivity contribution in [3.05, 3.63) is 39.8 Å². The molecule has 0 N–H and O–H groups in total. The lowest BCUT2D eigenvalue weighted by atomic mass is 10.00. The number of hydrogen-bond acceptors (Lipinski definition) is 3. The molecule has 90 valence electrons. The standard InChI is InChI=1S/C14H16O2S/c1-4-10-7-11-6-5-9(2)17-13(11)8-12(10)14(15)16-3/h5,7-8H,4,6H2,1-3H3. The summed E-state index contributed by atoms with van der Waals surface area (Å²) in [4.78, 5) is 14.2. The zero-order chi connectivity index (χ0) is 12.4. The van der Waals surface area contributed by atoms with Crippen molar-refractivity contribution in [3.63, 3.8) is 0 Å². The number of esters is 1. The highest BCUT2D eigenvalue weighted by Gasteiger charge is 2.17.